The molecule has 184 valence electrons. The van der Waals surface area contributed by atoms with E-state index in [4.69, 9.17) is 19.3 Å². The van der Waals surface area contributed by atoms with E-state index < -0.39 is 12.1 Å². The van der Waals surface area contributed by atoms with Gasteiger partial charge >= 0.3 is 5.97 Å². The van der Waals surface area contributed by atoms with E-state index in [1.54, 1.807) is 14.0 Å². The highest BCUT2D eigenvalue weighted by Gasteiger charge is 2.56. The molecule has 0 aromatic heterocycles. The molecule has 0 bridgehead atoms. The molecule has 0 amide bonds. The van der Waals surface area contributed by atoms with Gasteiger partial charge in [0.25, 0.3) is 0 Å². The van der Waals surface area contributed by atoms with Crippen LogP contribution >= 0.6 is 0 Å². The van der Waals surface area contributed by atoms with E-state index in [1.807, 2.05) is 12.2 Å². The molecule has 0 aliphatic carbocycles. The first kappa shape index (κ1) is 27.0. The predicted octanol–water partition coefficient (Wildman–Crippen LogP) is 3.34. The van der Waals surface area contributed by atoms with Gasteiger partial charge in [0.05, 0.1) is 49.1 Å². The number of methoxy groups -OCH3 is 1. The van der Waals surface area contributed by atoms with Gasteiger partial charge in [0.1, 0.15) is 0 Å². The molecule has 7 nitrogen and oxygen atoms in total. The lowest BCUT2D eigenvalue weighted by Gasteiger charge is -2.35. The van der Waals surface area contributed by atoms with Crippen LogP contribution < -0.4 is 0 Å². The Morgan fingerprint density at radius 2 is 1.97 bits per heavy atom. The topological polar surface area (TPSA) is 109 Å². The van der Waals surface area contributed by atoms with Crippen molar-refractivity contribution in [3.63, 3.8) is 0 Å². The van der Waals surface area contributed by atoms with Crippen LogP contribution in [0.15, 0.2) is 23.8 Å². The number of aliphatic hydroxyl groups is 2. The average Bonchev–Trinajstić information content (AvgIpc) is 3.37. The number of hydrogen-bond acceptors (Lipinski definition) is 6. The molecule has 32 heavy (non-hydrogen) atoms. The molecule has 0 aromatic carbocycles. The van der Waals surface area contributed by atoms with Crippen molar-refractivity contribution in [2.75, 3.05) is 13.7 Å². The quantitative estimate of drug-likeness (QED) is 0.306. The van der Waals surface area contributed by atoms with Gasteiger partial charge in [-0.3, -0.25) is 4.79 Å². The van der Waals surface area contributed by atoms with Crippen LogP contribution in [0, 0.1) is 17.8 Å². The number of aliphatic hydroxyl groups excluding tert-OH is 2. The number of hydrogen-bond donors (Lipinski definition) is 3. The molecular weight excluding hydrogens is 412 g/mol. The standard InChI is InChI=1S/C25H42O7/c1-15(13-25(5)24(32-25)17(3)23(30-6)18(4)27)8-7-9-19(14-26)22-16(2)10-11-20(31-22)12-21(28)29/h7-9,15-18,20,22-24,26-27H,10-14H2,1-6H3,(H,28,29)/b8-7+,19-9+/t15-,16+,17-,18-,20-,22+,23-,24-,25-/m1/s1. The zero-order chi connectivity index (χ0) is 24.1. The fourth-order valence-corrected chi connectivity index (χ4v) is 5.23. The van der Waals surface area contributed by atoms with Gasteiger partial charge in [0.2, 0.25) is 0 Å². The molecule has 0 unspecified atom stereocenters. The molecule has 2 fully saturated rings. The smallest absolute Gasteiger partial charge is 0.305 e. The largest absolute Gasteiger partial charge is 0.481 e. The maximum absolute atomic E-state index is 11.0. The monoisotopic (exact) mass is 454 g/mol. The number of ether oxygens (including phenoxy) is 3. The van der Waals surface area contributed by atoms with Crippen molar-refractivity contribution in [3.05, 3.63) is 23.8 Å². The number of allylic oxidation sites excluding steroid dienone is 3. The van der Waals surface area contributed by atoms with Crippen molar-refractivity contribution in [3.8, 4) is 0 Å². The Bertz CT molecular complexity index is 673. The van der Waals surface area contributed by atoms with E-state index in [9.17, 15) is 15.0 Å². The van der Waals surface area contributed by atoms with E-state index in [1.165, 1.54) is 0 Å². The maximum Gasteiger partial charge on any atom is 0.305 e. The first-order chi connectivity index (χ1) is 15.0. The van der Waals surface area contributed by atoms with Crippen LogP contribution in [-0.4, -0.2) is 71.1 Å². The Balaban J connectivity index is 1.94. The number of carboxylic acids is 1. The Hall–Kier alpha value is -1.25. The second-order valence-electron chi connectivity index (χ2n) is 9.95. The summed E-state index contributed by atoms with van der Waals surface area (Å²) in [6.45, 7) is 9.97. The fraction of sp³-hybridized carbons (Fsp3) is 0.800. The first-order valence-electron chi connectivity index (χ1n) is 11.8. The van der Waals surface area contributed by atoms with E-state index in [0.29, 0.717) is 0 Å². The number of aliphatic carboxylic acids is 1. The summed E-state index contributed by atoms with van der Waals surface area (Å²) >= 11 is 0. The molecule has 2 saturated heterocycles. The summed E-state index contributed by atoms with van der Waals surface area (Å²) in [5.74, 6) is -0.288. The minimum atomic E-state index is -0.861. The van der Waals surface area contributed by atoms with Gasteiger partial charge in [-0.1, -0.05) is 39.0 Å². The van der Waals surface area contributed by atoms with Gasteiger partial charge in [-0.05, 0) is 50.5 Å². The molecule has 0 spiro atoms. The molecule has 0 radical (unpaired) electrons. The van der Waals surface area contributed by atoms with Crippen LogP contribution in [0.2, 0.25) is 0 Å². The number of epoxide rings is 1. The summed E-state index contributed by atoms with van der Waals surface area (Å²) in [5, 5.41) is 28.9. The van der Waals surface area contributed by atoms with Crippen LogP contribution in [0.1, 0.15) is 60.3 Å². The van der Waals surface area contributed by atoms with Crippen LogP contribution in [0.25, 0.3) is 0 Å². The molecule has 9 atom stereocenters. The average molecular weight is 455 g/mol. The Morgan fingerprint density at radius 1 is 1.28 bits per heavy atom. The number of carbonyl (C=O) groups is 1. The van der Waals surface area contributed by atoms with Gasteiger partial charge in [0, 0.05) is 13.0 Å². The normalized spacial score (nSPS) is 34.8. The summed E-state index contributed by atoms with van der Waals surface area (Å²) in [6, 6.07) is 0. The zero-order valence-electron chi connectivity index (χ0n) is 20.4. The second-order valence-corrected chi connectivity index (χ2v) is 9.95. The summed E-state index contributed by atoms with van der Waals surface area (Å²) in [4.78, 5) is 11.0. The highest BCUT2D eigenvalue weighted by atomic mass is 16.6. The predicted molar refractivity (Wildman–Crippen MR) is 122 cm³/mol. The summed E-state index contributed by atoms with van der Waals surface area (Å²) in [5.41, 5.74) is 0.528. The van der Waals surface area contributed by atoms with Crippen molar-refractivity contribution in [1.29, 1.82) is 0 Å². The van der Waals surface area contributed by atoms with E-state index in [-0.39, 0.29) is 60.8 Å². The summed E-state index contributed by atoms with van der Waals surface area (Å²) in [6.07, 6.45) is 7.04. The van der Waals surface area contributed by atoms with Crippen molar-refractivity contribution in [2.45, 2.75) is 96.4 Å². The lowest BCUT2D eigenvalue weighted by atomic mass is 9.85. The van der Waals surface area contributed by atoms with Gasteiger partial charge in [-0.25, -0.2) is 0 Å². The fourth-order valence-electron chi connectivity index (χ4n) is 5.23. The molecule has 2 heterocycles. The third-order valence-corrected chi connectivity index (χ3v) is 6.91. The van der Waals surface area contributed by atoms with E-state index >= 15 is 0 Å². The molecule has 7 heteroatoms. The Kier molecular flexibility index (Phi) is 9.91. The number of carboxylic acid groups (broad SMARTS) is 1. The molecule has 0 aromatic rings. The summed E-state index contributed by atoms with van der Waals surface area (Å²) < 4.78 is 17.5. The second kappa shape index (κ2) is 11.7. The molecular formula is C25H42O7. The molecule has 2 aliphatic rings. The van der Waals surface area contributed by atoms with Gasteiger partial charge in [0.15, 0.2) is 0 Å². The van der Waals surface area contributed by atoms with Crippen LogP contribution in [0.5, 0.6) is 0 Å². The molecule has 2 aliphatic heterocycles. The van der Waals surface area contributed by atoms with Crippen molar-refractivity contribution < 1.29 is 34.3 Å². The lowest BCUT2D eigenvalue weighted by Crippen LogP contribution is -2.37. The third-order valence-electron chi connectivity index (χ3n) is 6.91. The molecule has 3 N–H and O–H groups in total. The van der Waals surface area contributed by atoms with Gasteiger partial charge < -0.3 is 29.5 Å². The van der Waals surface area contributed by atoms with E-state index in [2.05, 4.69) is 33.8 Å². The van der Waals surface area contributed by atoms with Crippen LogP contribution in [0.3, 0.4) is 0 Å². The van der Waals surface area contributed by atoms with E-state index in [0.717, 1.165) is 24.8 Å². The Morgan fingerprint density at radius 3 is 2.53 bits per heavy atom. The highest BCUT2D eigenvalue weighted by molar-refractivity contribution is 5.67. The SMILES string of the molecule is CO[C@H]([C@@H](C)[C@H]1O[C@]1(C)C[C@H](C)/C=C/C=C(\CO)[C@H]1O[C@@H](CC(=O)O)CC[C@@H]1C)[C@@H](C)O. The zero-order valence-corrected chi connectivity index (χ0v) is 20.4. The minimum absolute atomic E-state index is 0.00797. The minimum Gasteiger partial charge on any atom is -0.481 e. The van der Waals surface area contributed by atoms with Gasteiger partial charge in [-0.15, -0.1) is 0 Å². The van der Waals surface area contributed by atoms with Crippen molar-refractivity contribution in [1.82, 2.24) is 0 Å². The maximum atomic E-state index is 11.0. The van der Waals surface area contributed by atoms with Crippen molar-refractivity contribution >= 4 is 5.97 Å². The highest BCUT2D eigenvalue weighted by Crippen LogP contribution is 2.47. The van der Waals surface area contributed by atoms with Gasteiger partial charge in [-0.2, -0.15) is 0 Å². The lowest BCUT2D eigenvalue weighted by molar-refractivity contribution is -0.144. The van der Waals surface area contributed by atoms with Crippen LogP contribution in [0.4, 0.5) is 0 Å². The molecule has 2 rings (SSSR count). The third kappa shape index (κ3) is 7.12. The number of rotatable bonds is 12. The first-order valence-corrected chi connectivity index (χ1v) is 11.8. The van der Waals surface area contributed by atoms with Crippen molar-refractivity contribution in [2.24, 2.45) is 17.8 Å². The summed E-state index contributed by atoms with van der Waals surface area (Å²) in [7, 11) is 1.62. The van der Waals surface area contributed by atoms with Crippen LogP contribution in [-0.2, 0) is 19.0 Å². The molecule has 0 saturated carbocycles. The Labute approximate surface area is 192 Å².